The molecule has 86 valence electrons. The molecule has 0 aliphatic heterocycles. The van der Waals surface area contributed by atoms with Gasteiger partial charge < -0.3 is 0 Å². The van der Waals surface area contributed by atoms with Crippen molar-refractivity contribution < 1.29 is 4.39 Å². The second-order valence-corrected chi connectivity index (χ2v) is 5.42. The van der Waals surface area contributed by atoms with Gasteiger partial charge in [0.05, 0.1) is 16.8 Å². The first kappa shape index (κ1) is 11.1. The standard InChI is InChI=1S/C11H6ClFN2S2/c1-5-9(13)8(12)7(6-3-2-4-16-6)11-10(5)14-17-15-11/h2-4H,1H3. The fourth-order valence-electron chi connectivity index (χ4n) is 1.73. The summed E-state index contributed by atoms with van der Waals surface area (Å²) in [4.78, 5) is 0.909. The molecular weight excluding hydrogens is 279 g/mol. The SMILES string of the molecule is Cc1c(F)c(Cl)c(-c2cccs2)c2nsnc12. The lowest BCUT2D eigenvalue weighted by Gasteiger charge is -2.06. The van der Waals surface area contributed by atoms with Crippen LogP contribution in [-0.2, 0) is 0 Å². The third-order valence-electron chi connectivity index (χ3n) is 2.59. The number of rotatable bonds is 1. The van der Waals surface area contributed by atoms with E-state index in [9.17, 15) is 4.39 Å². The van der Waals surface area contributed by atoms with Crippen LogP contribution in [0.5, 0.6) is 0 Å². The van der Waals surface area contributed by atoms with Gasteiger partial charge in [0.2, 0.25) is 0 Å². The average Bonchev–Trinajstić information content (AvgIpc) is 2.97. The van der Waals surface area contributed by atoms with Crippen LogP contribution < -0.4 is 0 Å². The van der Waals surface area contributed by atoms with Crippen LogP contribution in [0.3, 0.4) is 0 Å². The summed E-state index contributed by atoms with van der Waals surface area (Å²) in [5, 5.41) is 2.06. The van der Waals surface area contributed by atoms with E-state index >= 15 is 0 Å². The predicted molar refractivity (Wildman–Crippen MR) is 70.4 cm³/mol. The second-order valence-electron chi connectivity index (χ2n) is 3.57. The quantitative estimate of drug-likeness (QED) is 0.656. The number of nitrogens with zero attached hydrogens (tertiary/aromatic N) is 2. The maximum atomic E-state index is 14.0. The molecule has 0 radical (unpaired) electrons. The molecule has 0 fully saturated rings. The third kappa shape index (κ3) is 1.57. The Kier molecular flexibility index (Phi) is 2.61. The van der Waals surface area contributed by atoms with Gasteiger partial charge in [-0.25, -0.2) is 4.39 Å². The summed E-state index contributed by atoms with van der Waals surface area (Å²) in [6.07, 6.45) is 0. The second kappa shape index (κ2) is 4.01. The third-order valence-corrected chi connectivity index (χ3v) is 4.36. The van der Waals surface area contributed by atoms with E-state index in [1.807, 2.05) is 17.5 Å². The van der Waals surface area contributed by atoms with Crippen LogP contribution in [0.2, 0.25) is 5.02 Å². The van der Waals surface area contributed by atoms with Gasteiger partial charge in [0.25, 0.3) is 0 Å². The molecule has 6 heteroatoms. The van der Waals surface area contributed by atoms with Crippen LogP contribution in [0.4, 0.5) is 4.39 Å². The molecule has 2 nitrogen and oxygen atoms in total. The Morgan fingerprint density at radius 3 is 2.76 bits per heavy atom. The van der Waals surface area contributed by atoms with Crippen LogP contribution in [-0.4, -0.2) is 8.75 Å². The number of hydrogen-bond acceptors (Lipinski definition) is 4. The molecule has 2 aromatic heterocycles. The van der Waals surface area contributed by atoms with Crippen molar-refractivity contribution in [2.45, 2.75) is 6.92 Å². The monoisotopic (exact) mass is 284 g/mol. The zero-order valence-electron chi connectivity index (χ0n) is 8.70. The minimum absolute atomic E-state index is 0.130. The first-order chi connectivity index (χ1) is 8.20. The molecule has 0 saturated carbocycles. The van der Waals surface area contributed by atoms with E-state index in [2.05, 4.69) is 8.75 Å². The van der Waals surface area contributed by atoms with Crippen molar-refractivity contribution in [3.8, 4) is 10.4 Å². The van der Waals surface area contributed by atoms with Gasteiger partial charge in [-0.2, -0.15) is 8.75 Å². The van der Waals surface area contributed by atoms with Gasteiger partial charge in [0, 0.05) is 16.0 Å². The molecule has 0 spiro atoms. The number of hydrogen-bond donors (Lipinski definition) is 0. The summed E-state index contributed by atoms with van der Waals surface area (Å²) in [6.45, 7) is 1.67. The first-order valence-electron chi connectivity index (χ1n) is 4.84. The highest BCUT2D eigenvalue weighted by molar-refractivity contribution is 7.13. The Balaban J connectivity index is 2.49. The maximum absolute atomic E-state index is 14.0. The van der Waals surface area contributed by atoms with Crippen LogP contribution >= 0.6 is 34.7 Å². The van der Waals surface area contributed by atoms with Crippen molar-refractivity contribution in [1.29, 1.82) is 0 Å². The Hall–Kier alpha value is -1.04. The number of thiophene rings is 1. The average molecular weight is 285 g/mol. The molecule has 1 aromatic carbocycles. The van der Waals surface area contributed by atoms with Gasteiger partial charge in [-0.15, -0.1) is 11.3 Å². The normalized spacial score (nSPS) is 11.2. The molecule has 0 saturated heterocycles. The highest BCUT2D eigenvalue weighted by Gasteiger charge is 2.20. The van der Waals surface area contributed by atoms with Crippen LogP contribution in [0.25, 0.3) is 21.5 Å². The van der Waals surface area contributed by atoms with Crippen molar-refractivity contribution in [3.63, 3.8) is 0 Å². The lowest BCUT2D eigenvalue weighted by atomic mass is 10.1. The summed E-state index contributed by atoms with van der Waals surface area (Å²) in [7, 11) is 0. The van der Waals surface area contributed by atoms with Crippen molar-refractivity contribution in [1.82, 2.24) is 8.75 Å². The largest absolute Gasteiger partial charge is 0.205 e. The van der Waals surface area contributed by atoms with Gasteiger partial charge >= 0.3 is 0 Å². The van der Waals surface area contributed by atoms with E-state index in [0.717, 1.165) is 16.6 Å². The van der Waals surface area contributed by atoms with Gasteiger partial charge in [0.1, 0.15) is 16.9 Å². The molecule has 0 amide bonds. The van der Waals surface area contributed by atoms with Crippen molar-refractivity contribution >= 4 is 45.7 Å². The van der Waals surface area contributed by atoms with Gasteiger partial charge in [-0.05, 0) is 18.4 Å². The highest BCUT2D eigenvalue weighted by Crippen LogP contribution is 2.40. The lowest BCUT2D eigenvalue weighted by Crippen LogP contribution is -1.90. The molecule has 0 aliphatic carbocycles. The summed E-state index contributed by atoms with van der Waals surface area (Å²) >= 11 is 8.68. The van der Waals surface area contributed by atoms with Crippen LogP contribution in [0.15, 0.2) is 17.5 Å². The topological polar surface area (TPSA) is 25.8 Å². The summed E-state index contributed by atoms with van der Waals surface area (Å²) in [5.74, 6) is -0.407. The minimum Gasteiger partial charge on any atom is -0.205 e. The zero-order chi connectivity index (χ0) is 12.0. The smallest absolute Gasteiger partial charge is 0.147 e. The van der Waals surface area contributed by atoms with Crippen molar-refractivity contribution in [2.75, 3.05) is 0 Å². The number of fused-ring (bicyclic) bond motifs is 1. The summed E-state index contributed by atoms with van der Waals surface area (Å²) in [6, 6.07) is 3.80. The Bertz CT molecular complexity index is 691. The zero-order valence-corrected chi connectivity index (χ0v) is 11.1. The van der Waals surface area contributed by atoms with Crippen molar-refractivity contribution in [3.05, 3.63) is 33.9 Å². The predicted octanol–water partition coefficient (Wildman–Crippen LogP) is 4.52. The van der Waals surface area contributed by atoms with E-state index in [1.54, 1.807) is 6.92 Å². The first-order valence-corrected chi connectivity index (χ1v) is 6.82. The van der Waals surface area contributed by atoms with Gasteiger partial charge in [-0.1, -0.05) is 17.7 Å². The molecular formula is C11H6ClFN2S2. The maximum Gasteiger partial charge on any atom is 0.147 e. The summed E-state index contributed by atoms with van der Waals surface area (Å²) < 4.78 is 22.4. The van der Waals surface area contributed by atoms with Gasteiger partial charge in [-0.3, -0.25) is 0 Å². The van der Waals surface area contributed by atoms with E-state index in [4.69, 9.17) is 11.6 Å². The Morgan fingerprint density at radius 2 is 2.06 bits per heavy atom. The van der Waals surface area contributed by atoms with E-state index in [1.165, 1.54) is 11.3 Å². The number of aryl methyl sites for hydroxylation is 1. The molecule has 17 heavy (non-hydrogen) atoms. The molecule has 0 unspecified atom stereocenters. The van der Waals surface area contributed by atoms with Crippen LogP contribution in [0.1, 0.15) is 5.56 Å². The molecule has 0 atom stereocenters. The Labute approximate surface area is 110 Å². The van der Waals surface area contributed by atoms with E-state index in [-0.39, 0.29) is 5.02 Å². The van der Waals surface area contributed by atoms with Crippen molar-refractivity contribution in [2.24, 2.45) is 0 Å². The number of halogens is 2. The molecule has 2 heterocycles. The fourth-order valence-corrected chi connectivity index (χ4v) is 3.50. The molecule has 3 aromatic rings. The molecule has 0 bridgehead atoms. The van der Waals surface area contributed by atoms with E-state index < -0.39 is 5.82 Å². The lowest BCUT2D eigenvalue weighted by molar-refractivity contribution is 0.621. The molecule has 3 rings (SSSR count). The number of aromatic nitrogens is 2. The fraction of sp³-hybridized carbons (Fsp3) is 0.0909. The Morgan fingerprint density at radius 1 is 1.29 bits per heavy atom. The molecule has 0 aliphatic rings. The van der Waals surface area contributed by atoms with Gasteiger partial charge in [0.15, 0.2) is 0 Å². The number of benzene rings is 1. The minimum atomic E-state index is -0.407. The van der Waals surface area contributed by atoms with Crippen LogP contribution in [0, 0.1) is 12.7 Å². The van der Waals surface area contributed by atoms with E-state index in [0.29, 0.717) is 22.2 Å². The molecule has 0 N–H and O–H groups in total. The highest BCUT2D eigenvalue weighted by atomic mass is 35.5. The summed E-state index contributed by atoms with van der Waals surface area (Å²) in [5.41, 5.74) is 2.38.